The van der Waals surface area contributed by atoms with Crippen molar-refractivity contribution in [3.63, 3.8) is 0 Å². The molecule has 2 heterocycles. The highest BCUT2D eigenvalue weighted by Gasteiger charge is 2.33. The minimum absolute atomic E-state index is 0.0330. The third kappa shape index (κ3) is 6.18. The topological polar surface area (TPSA) is 79.8 Å². The lowest BCUT2D eigenvalue weighted by Gasteiger charge is -2.12. The smallest absolute Gasteiger partial charge is 0.340 e. The Kier molecular flexibility index (Phi) is 6.95. The molecule has 0 radical (unpaired) electrons. The van der Waals surface area contributed by atoms with Crippen molar-refractivity contribution in [2.75, 3.05) is 10.6 Å². The SMILES string of the molecule is C=CC(=O)Nc1cccc(Nc2cc(C(F)(F)F)nc(SCc3cnc(Cl)s3)n2)c1. The first-order chi connectivity index (χ1) is 14.2. The van der Waals surface area contributed by atoms with Crippen molar-refractivity contribution in [1.29, 1.82) is 0 Å². The molecule has 0 aliphatic carbocycles. The first-order valence-corrected chi connectivity index (χ1v) is 10.4. The monoisotopic (exact) mass is 471 g/mol. The van der Waals surface area contributed by atoms with Crippen molar-refractivity contribution < 1.29 is 18.0 Å². The molecule has 156 valence electrons. The molecule has 6 nitrogen and oxygen atoms in total. The third-order valence-electron chi connectivity index (χ3n) is 3.45. The van der Waals surface area contributed by atoms with Gasteiger partial charge in [-0.3, -0.25) is 4.79 Å². The van der Waals surface area contributed by atoms with Crippen LogP contribution in [0.25, 0.3) is 0 Å². The van der Waals surface area contributed by atoms with Gasteiger partial charge in [0.1, 0.15) is 5.82 Å². The van der Waals surface area contributed by atoms with Crippen LogP contribution in [0.5, 0.6) is 0 Å². The molecule has 1 amide bonds. The summed E-state index contributed by atoms with van der Waals surface area (Å²) in [6, 6.07) is 7.28. The number of hydrogen-bond acceptors (Lipinski definition) is 7. The van der Waals surface area contributed by atoms with Crippen LogP contribution in [0.2, 0.25) is 4.47 Å². The van der Waals surface area contributed by atoms with E-state index in [4.69, 9.17) is 11.6 Å². The van der Waals surface area contributed by atoms with Gasteiger partial charge in [-0.15, -0.1) is 11.3 Å². The Morgan fingerprint density at radius 3 is 2.70 bits per heavy atom. The number of thioether (sulfide) groups is 1. The van der Waals surface area contributed by atoms with Crippen LogP contribution >= 0.6 is 34.7 Å². The van der Waals surface area contributed by atoms with E-state index in [1.165, 1.54) is 11.3 Å². The molecule has 12 heteroatoms. The van der Waals surface area contributed by atoms with Gasteiger partial charge in [0.25, 0.3) is 0 Å². The van der Waals surface area contributed by atoms with E-state index in [0.29, 0.717) is 21.6 Å². The molecule has 0 saturated heterocycles. The number of benzene rings is 1. The fourth-order valence-corrected chi connectivity index (χ4v) is 4.06. The number of halogens is 4. The molecule has 2 aromatic heterocycles. The highest BCUT2D eigenvalue weighted by atomic mass is 35.5. The molecule has 0 fully saturated rings. The Hall–Kier alpha value is -2.63. The summed E-state index contributed by atoms with van der Waals surface area (Å²) >= 11 is 8.04. The van der Waals surface area contributed by atoms with Crippen LogP contribution in [0.3, 0.4) is 0 Å². The van der Waals surface area contributed by atoms with Crippen molar-refractivity contribution in [2.24, 2.45) is 0 Å². The average Bonchev–Trinajstić information content (AvgIpc) is 3.11. The van der Waals surface area contributed by atoms with Crippen LogP contribution in [0.15, 0.2) is 54.3 Å². The normalized spacial score (nSPS) is 11.2. The molecule has 0 atom stereocenters. The van der Waals surface area contributed by atoms with E-state index in [-0.39, 0.29) is 11.0 Å². The lowest BCUT2D eigenvalue weighted by Crippen LogP contribution is -2.11. The van der Waals surface area contributed by atoms with E-state index in [1.807, 2.05) is 0 Å². The quantitative estimate of drug-likeness (QED) is 0.259. The molecule has 0 bridgehead atoms. The summed E-state index contributed by atoms with van der Waals surface area (Å²) < 4.78 is 40.2. The zero-order valence-electron chi connectivity index (χ0n) is 15.0. The van der Waals surface area contributed by atoms with Gasteiger partial charge in [0.2, 0.25) is 5.91 Å². The van der Waals surface area contributed by atoms with Crippen molar-refractivity contribution >= 4 is 57.8 Å². The van der Waals surface area contributed by atoms with Crippen LogP contribution in [-0.2, 0) is 16.7 Å². The van der Waals surface area contributed by atoms with Gasteiger partial charge < -0.3 is 10.6 Å². The van der Waals surface area contributed by atoms with E-state index in [1.54, 1.807) is 30.5 Å². The number of nitrogens with zero attached hydrogens (tertiary/aromatic N) is 3. The summed E-state index contributed by atoms with van der Waals surface area (Å²) in [4.78, 5) is 23.9. The maximum atomic E-state index is 13.3. The summed E-state index contributed by atoms with van der Waals surface area (Å²) in [5.74, 6) is -0.112. The minimum Gasteiger partial charge on any atom is -0.340 e. The van der Waals surface area contributed by atoms with Gasteiger partial charge in [-0.25, -0.2) is 15.0 Å². The van der Waals surface area contributed by atoms with Gasteiger partial charge in [-0.1, -0.05) is 36.0 Å². The number of nitrogens with one attached hydrogen (secondary N) is 2. The lowest BCUT2D eigenvalue weighted by atomic mass is 10.2. The van der Waals surface area contributed by atoms with Gasteiger partial charge in [-0.05, 0) is 24.3 Å². The summed E-state index contributed by atoms with van der Waals surface area (Å²) in [5, 5.41) is 5.35. The fourth-order valence-electron chi connectivity index (χ4n) is 2.20. The first kappa shape index (κ1) is 22.1. The molecule has 30 heavy (non-hydrogen) atoms. The molecule has 3 rings (SSSR count). The predicted octanol–water partition coefficient (Wildman–Crippen LogP) is 5.77. The Balaban J connectivity index is 1.83. The zero-order chi connectivity index (χ0) is 21.7. The largest absolute Gasteiger partial charge is 0.433 e. The summed E-state index contributed by atoms with van der Waals surface area (Å²) in [6.45, 7) is 3.37. The molecule has 2 N–H and O–H groups in total. The number of hydrogen-bond donors (Lipinski definition) is 2. The molecular weight excluding hydrogens is 459 g/mol. The molecule has 0 spiro atoms. The van der Waals surface area contributed by atoms with Crippen molar-refractivity contribution in [3.05, 3.63) is 64.2 Å². The number of aromatic nitrogens is 3. The summed E-state index contributed by atoms with van der Waals surface area (Å²) in [7, 11) is 0. The number of alkyl halides is 3. The van der Waals surface area contributed by atoms with Gasteiger partial charge >= 0.3 is 6.18 Å². The maximum Gasteiger partial charge on any atom is 0.433 e. The number of carbonyl (C=O) groups excluding carboxylic acids is 1. The second-order valence-corrected chi connectivity index (χ2v) is 8.33. The number of carbonyl (C=O) groups is 1. The maximum absolute atomic E-state index is 13.3. The number of thiazole rings is 1. The number of rotatable bonds is 7. The van der Waals surface area contributed by atoms with Crippen molar-refractivity contribution in [3.8, 4) is 0 Å². The zero-order valence-corrected chi connectivity index (χ0v) is 17.4. The minimum atomic E-state index is -4.64. The van der Waals surface area contributed by atoms with Crippen LogP contribution in [-0.4, -0.2) is 20.9 Å². The third-order valence-corrected chi connectivity index (χ3v) is 5.65. The first-order valence-electron chi connectivity index (χ1n) is 8.23. The Bertz CT molecular complexity index is 1070. The van der Waals surface area contributed by atoms with Gasteiger partial charge in [0, 0.05) is 34.3 Å². The average molecular weight is 472 g/mol. The molecule has 0 aliphatic heterocycles. The van der Waals surface area contributed by atoms with Crippen molar-refractivity contribution in [1.82, 2.24) is 15.0 Å². The second-order valence-electron chi connectivity index (χ2n) is 5.69. The number of anilines is 3. The van der Waals surface area contributed by atoms with E-state index in [0.717, 1.165) is 28.8 Å². The van der Waals surface area contributed by atoms with E-state index < -0.39 is 17.8 Å². The summed E-state index contributed by atoms with van der Waals surface area (Å²) in [5.41, 5.74) is -0.179. The Morgan fingerprint density at radius 1 is 1.27 bits per heavy atom. The molecular formula is C18H13ClF3N5OS2. The fraction of sp³-hybridized carbons (Fsp3) is 0.111. The molecule has 0 aliphatic rings. The Morgan fingerprint density at radius 2 is 2.03 bits per heavy atom. The van der Waals surface area contributed by atoms with Gasteiger partial charge in [0.05, 0.1) is 0 Å². The van der Waals surface area contributed by atoms with Crippen LogP contribution in [0, 0.1) is 0 Å². The highest BCUT2D eigenvalue weighted by molar-refractivity contribution is 7.98. The predicted molar refractivity (Wildman–Crippen MR) is 112 cm³/mol. The van der Waals surface area contributed by atoms with Gasteiger partial charge in [-0.2, -0.15) is 13.2 Å². The second kappa shape index (κ2) is 9.45. The van der Waals surface area contributed by atoms with Crippen LogP contribution < -0.4 is 10.6 Å². The highest BCUT2D eigenvalue weighted by Crippen LogP contribution is 2.33. The summed E-state index contributed by atoms with van der Waals surface area (Å²) in [6.07, 6.45) is -1.97. The number of amides is 1. The lowest BCUT2D eigenvalue weighted by molar-refractivity contribution is -0.141. The standard InChI is InChI=1S/C18H13ClF3N5OS2/c1-2-15(28)25-11-5-3-4-10(6-11)24-14-7-13(18(20,21)22)26-17(27-14)29-9-12-8-23-16(19)30-12/h2-8H,1,9H2,(H,25,28)(H,24,26,27). The molecule has 0 unspecified atom stereocenters. The molecule has 1 aromatic carbocycles. The van der Waals surface area contributed by atoms with Gasteiger partial charge in [0.15, 0.2) is 15.3 Å². The molecule has 3 aromatic rings. The van der Waals surface area contributed by atoms with Crippen molar-refractivity contribution in [2.45, 2.75) is 17.1 Å². The van der Waals surface area contributed by atoms with E-state index in [9.17, 15) is 18.0 Å². The van der Waals surface area contributed by atoms with Crippen LogP contribution in [0.1, 0.15) is 10.6 Å². The van der Waals surface area contributed by atoms with E-state index >= 15 is 0 Å². The Labute approximate surface area is 182 Å². The van der Waals surface area contributed by atoms with E-state index in [2.05, 4.69) is 32.2 Å². The molecule has 0 saturated carbocycles. The van der Waals surface area contributed by atoms with Crippen LogP contribution in [0.4, 0.5) is 30.4 Å².